The average molecular weight is 319 g/mol. The minimum atomic E-state index is -1.02. The summed E-state index contributed by atoms with van der Waals surface area (Å²) in [6.45, 7) is 9.62. The van der Waals surface area contributed by atoms with Gasteiger partial charge in [0.2, 0.25) is 0 Å². The van der Waals surface area contributed by atoms with Crippen LogP contribution in [-0.4, -0.2) is 35.7 Å². The number of carbonyl (C=O) groups excluding carboxylic acids is 2. The summed E-state index contributed by atoms with van der Waals surface area (Å²) < 4.78 is 5.01. The molecule has 0 saturated carbocycles. The zero-order chi connectivity index (χ0) is 17.3. The number of hydrazine groups is 1. The van der Waals surface area contributed by atoms with Gasteiger partial charge in [-0.25, -0.2) is 10.2 Å². The molecule has 0 spiro atoms. The van der Waals surface area contributed by atoms with E-state index in [9.17, 15) is 9.59 Å². The van der Waals surface area contributed by atoms with Crippen LogP contribution in [0.4, 0.5) is 4.79 Å². The van der Waals surface area contributed by atoms with Crippen LogP contribution in [0.15, 0.2) is 43.0 Å². The summed E-state index contributed by atoms with van der Waals surface area (Å²) in [5, 5.41) is 4.11. The Balaban J connectivity index is 2.67. The molecule has 1 aromatic rings. The second-order valence-electron chi connectivity index (χ2n) is 5.50. The van der Waals surface area contributed by atoms with E-state index in [-0.39, 0.29) is 19.2 Å². The lowest BCUT2D eigenvalue weighted by atomic mass is 10.1. The first kappa shape index (κ1) is 18.7. The summed E-state index contributed by atoms with van der Waals surface area (Å²) in [5.41, 5.74) is 2.86. The second kappa shape index (κ2) is 8.95. The topological polar surface area (TPSA) is 70.7 Å². The van der Waals surface area contributed by atoms with Gasteiger partial charge in [-0.15, -0.1) is 6.58 Å². The van der Waals surface area contributed by atoms with Crippen molar-refractivity contribution in [2.75, 3.05) is 13.2 Å². The van der Waals surface area contributed by atoms with Gasteiger partial charge in [0.15, 0.2) is 0 Å². The molecule has 0 bridgehead atoms. The molecule has 126 valence electrons. The van der Waals surface area contributed by atoms with Crippen molar-refractivity contribution >= 4 is 12.0 Å². The van der Waals surface area contributed by atoms with E-state index in [1.807, 2.05) is 30.3 Å². The van der Waals surface area contributed by atoms with Gasteiger partial charge >= 0.3 is 12.0 Å². The molecule has 0 radical (unpaired) electrons. The fourth-order valence-corrected chi connectivity index (χ4v) is 1.87. The van der Waals surface area contributed by atoms with Gasteiger partial charge in [-0.1, -0.05) is 36.4 Å². The van der Waals surface area contributed by atoms with Crippen molar-refractivity contribution in [2.24, 2.45) is 0 Å². The largest absolute Gasteiger partial charge is 0.465 e. The fourth-order valence-electron chi connectivity index (χ4n) is 1.87. The first-order valence-corrected chi connectivity index (χ1v) is 7.56. The molecule has 0 atom stereocenters. The lowest BCUT2D eigenvalue weighted by Crippen LogP contribution is -2.59. The molecule has 6 heteroatoms. The number of nitrogens with zero attached hydrogens (tertiary/aromatic N) is 1. The first-order valence-electron chi connectivity index (χ1n) is 7.56. The van der Waals surface area contributed by atoms with Gasteiger partial charge in [0.1, 0.15) is 5.54 Å². The highest BCUT2D eigenvalue weighted by atomic mass is 16.5. The maximum absolute atomic E-state index is 12.3. The van der Waals surface area contributed by atoms with Crippen LogP contribution in [0.25, 0.3) is 0 Å². The van der Waals surface area contributed by atoms with Gasteiger partial charge < -0.3 is 10.1 Å². The smallest absolute Gasteiger partial charge is 0.332 e. The van der Waals surface area contributed by atoms with Gasteiger partial charge in [0, 0.05) is 6.54 Å². The van der Waals surface area contributed by atoms with Crippen LogP contribution in [-0.2, 0) is 16.1 Å². The number of carbonyl (C=O) groups is 2. The highest BCUT2D eigenvalue weighted by Gasteiger charge is 2.32. The number of benzene rings is 1. The van der Waals surface area contributed by atoms with Crippen molar-refractivity contribution in [1.29, 1.82) is 0 Å². The van der Waals surface area contributed by atoms with Gasteiger partial charge in [-0.05, 0) is 26.3 Å². The Morgan fingerprint density at radius 2 is 1.96 bits per heavy atom. The van der Waals surface area contributed by atoms with E-state index in [0.29, 0.717) is 6.54 Å². The number of rotatable bonds is 8. The molecule has 2 amide bonds. The minimum Gasteiger partial charge on any atom is -0.465 e. The van der Waals surface area contributed by atoms with Gasteiger partial charge in [-0.3, -0.25) is 9.80 Å². The van der Waals surface area contributed by atoms with Crippen LogP contribution in [0.5, 0.6) is 0 Å². The molecular formula is C17H25N3O3. The predicted molar refractivity (Wildman–Crippen MR) is 89.4 cm³/mol. The quantitative estimate of drug-likeness (QED) is 0.438. The molecule has 0 aliphatic rings. The third kappa shape index (κ3) is 6.12. The normalized spacial score (nSPS) is 10.7. The summed E-state index contributed by atoms with van der Waals surface area (Å²) >= 11 is 0. The van der Waals surface area contributed by atoms with E-state index in [1.54, 1.807) is 26.8 Å². The minimum absolute atomic E-state index is 0.253. The zero-order valence-electron chi connectivity index (χ0n) is 14.0. The van der Waals surface area contributed by atoms with Crippen LogP contribution in [0.2, 0.25) is 0 Å². The Morgan fingerprint density at radius 3 is 2.52 bits per heavy atom. The molecule has 6 nitrogen and oxygen atoms in total. The summed E-state index contributed by atoms with van der Waals surface area (Å²) in [4.78, 5) is 24.3. The van der Waals surface area contributed by atoms with E-state index >= 15 is 0 Å². The Bertz CT molecular complexity index is 529. The Labute approximate surface area is 137 Å². The third-order valence-electron chi connectivity index (χ3n) is 3.04. The third-order valence-corrected chi connectivity index (χ3v) is 3.04. The molecule has 2 N–H and O–H groups in total. The van der Waals surface area contributed by atoms with Crippen molar-refractivity contribution in [3.8, 4) is 0 Å². The Kier molecular flexibility index (Phi) is 7.28. The van der Waals surface area contributed by atoms with Crippen molar-refractivity contribution in [2.45, 2.75) is 32.9 Å². The van der Waals surface area contributed by atoms with Gasteiger partial charge in [0.05, 0.1) is 13.2 Å². The van der Waals surface area contributed by atoms with Gasteiger partial charge in [-0.2, -0.15) is 0 Å². The molecule has 0 aromatic heterocycles. The van der Waals surface area contributed by atoms with E-state index in [0.717, 1.165) is 5.56 Å². The van der Waals surface area contributed by atoms with Crippen LogP contribution >= 0.6 is 0 Å². The van der Waals surface area contributed by atoms with Gasteiger partial charge in [0.25, 0.3) is 0 Å². The van der Waals surface area contributed by atoms with Crippen LogP contribution in [0, 0.1) is 0 Å². The molecule has 0 saturated heterocycles. The molecule has 0 aliphatic heterocycles. The average Bonchev–Trinajstić information content (AvgIpc) is 2.53. The SMILES string of the molecule is C=CCN(NC(C)(C)C(=O)OCC)C(=O)NCc1ccccc1. The van der Waals surface area contributed by atoms with Crippen molar-refractivity contribution in [1.82, 2.24) is 15.8 Å². The van der Waals surface area contributed by atoms with Crippen LogP contribution in [0.3, 0.4) is 0 Å². The molecule has 0 aliphatic carbocycles. The van der Waals surface area contributed by atoms with Crippen LogP contribution in [0.1, 0.15) is 26.3 Å². The molecule has 0 fully saturated rings. The van der Waals surface area contributed by atoms with E-state index in [1.165, 1.54) is 5.01 Å². The number of hydrogen-bond donors (Lipinski definition) is 2. The molecule has 1 rings (SSSR count). The maximum Gasteiger partial charge on any atom is 0.332 e. The zero-order valence-corrected chi connectivity index (χ0v) is 14.0. The fraction of sp³-hybridized carbons (Fsp3) is 0.412. The number of ether oxygens (including phenoxy) is 1. The van der Waals surface area contributed by atoms with E-state index in [2.05, 4.69) is 17.3 Å². The molecule has 0 unspecified atom stereocenters. The molecule has 23 heavy (non-hydrogen) atoms. The van der Waals surface area contributed by atoms with Crippen LogP contribution < -0.4 is 10.7 Å². The standard InChI is InChI=1S/C17H25N3O3/c1-5-12-20(19-17(3,4)15(21)23-6-2)16(22)18-13-14-10-8-7-9-11-14/h5,7-11,19H,1,6,12-13H2,2-4H3,(H,18,22). The highest BCUT2D eigenvalue weighted by Crippen LogP contribution is 2.07. The summed E-state index contributed by atoms with van der Waals surface area (Å²) in [6.07, 6.45) is 1.58. The Morgan fingerprint density at radius 1 is 1.30 bits per heavy atom. The van der Waals surface area contributed by atoms with Crippen molar-refractivity contribution in [3.05, 3.63) is 48.6 Å². The number of urea groups is 1. The van der Waals surface area contributed by atoms with Crippen molar-refractivity contribution in [3.63, 3.8) is 0 Å². The number of esters is 1. The second-order valence-corrected chi connectivity index (χ2v) is 5.50. The monoisotopic (exact) mass is 319 g/mol. The summed E-state index contributed by atoms with van der Waals surface area (Å²) in [6, 6.07) is 9.24. The number of hydrogen-bond acceptors (Lipinski definition) is 4. The summed E-state index contributed by atoms with van der Waals surface area (Å²) in [5.74, 6) is -0.426. The predicted octanol–water partition coefficient (Wildman–Crippen LogP) is 2.23. The Hall–Kier alpha value is -2.34. The molecule has 0 heterocycles. The van der Waals surface area contributed by atoms with E-state index in [4.69, 9.17) is 4.74 Å². The molecular weight excluding hydrogens is 294 g/mol. The summed E-state index contributed by atoms with van der Waals surface area (Å²) in [7, 11) is 0. The first-order chi connectivity index (χ1) is 10.9. The highest BCUT2D eigenvalue weighted by molar-refractivity contribution is 5.81. The molecule has 1 aromatic carbocycles. The number of amides is 2. The lowest BCUT2D eigenvalue weighted by molar-refractivity contribution is -0.151. The van der Waals surface area contributed by atoms with Crippen molar-refractivity contribution < 1.29 is 14.3 Å². The number of nitrogens with one attached hydrogen (secondary N) is 2. The lowest BCUT2D eigenvalue weighted by Gasteiger charge is -2.31. The van der Waals surface area contributed by atoms with E-state index < -0.39 is 11.5 Å². The maximum atomic E-state index is 12.3.